The van der Waals surface area contributed by atoms with Crippen LogP contribution in [0.4, 0.5) is 11.5 Å². The molecule has 4 heterocycles. The highest BCUT2D eigenvalue weighted by Crippen LogP contribution is 2.24. The van der Waals surface area contributed by atoms with Crippen LogP contribution < -0.4 is 5.32 Å². The number of aromatic amines is 1. The van der Waals surface area contributed by atoms with Crippen LogP contribution in [-0.2, 0) is 0 Å². The van der Waals surface area contributed by atoms with Crippen LogP contribution in [-0.4, -0.2) is 53.7 Å². The number of nitrogens with zero attached hydrogens (tertiary/aromatic N) is 6. The standard InChI is InChI=1S/C19H18N8O/c28-19(26-6-1-2-7-26)13-4-3-5-15(8-13)25-17-18-21-12-24-27(18)16(11-20-17)14-9-22-23-10-14/h3-5,8-12H,1-2,6-7H2,(H,20,25)(H,22,23). The van der Waals surface area contributed by atoms with Crippen LogP contribution in [0.5, 0.6) is 0 Å². The van der Waals surface area contributed by atoms with Crippen LogP contribution in [0, 0.1) is 0 Å². The lowest BCUT2D eigenvalue weighted by Crippen LogP contribution is -2.27. The molecule has 1 amide bonds. The van der Waals surface area contributed by atoms with E-state index in [4.69, 9.17) is 0 Å². The largest absolute Gasteiger partial charge is 0.339 e. The van der Waals surface area contributed by atoms with Crippen molar-refractivity contribution >= 4 is 23.1 Å². The van der Waals surface area contributed by atoms with Crippen LogP contribution in [0.3, 0.4) is 0 Å². The van der Waals surface area contributed by atoms with Gasteiger partial charge in [0.1, 0.15) is 6.33 Å². The van der Waals surface area contributed by atoms with Crippen LogP contribution in [0.15, 0.2) is 49.2 Å². The van der Waals surface area contributed by atoms with Crippen molar-refractivity contribution in [3.63, 3.8) is 0 Å². The second-order valence-electron chi connectivity index (χ2n) is 6.68. The topological polar surface area (TPSA) is 104 Å². The van der Waals surface area contributed by atoms with E-state index < -0.39 is 0 Å². The molecule has 140 valence electrons. The van der Waals surface area contributed by atoms with Crippen molar-refractivity contribution < 1.29 is 4.79 Å². The van der Waals surface area contributed by atoms with Crippen LogP contribution in [0.25, 0.3) is 16.9 Å². The van der Waals surface area contributed by atoms with E-state index in [9.17, 15) is 4.79 Å². The highest BCUT2D eigenvalue weighted by atomic mass is 16.2. The monoisotopic (exact) mass is 374 g/mol. The summed E-state index contributed by atoms with van der Waals surface area (Å²) in [5.41, 5.74) is 3.69. The van der Waals surface area contributed by atoms with E-state index in [-0.39, 0.29) is 5.91 Å². The van der Waals surface area contributed by atoms with Gasteiger partial charge in [0.25, 0.3) is 5.91 Å². The molecule has 2 N–H and O–H groups in total. The number of carbonyl (C=O) groups excluding carboxylic acids is 1. The Labute approximate surface area is 160 Å². The van der Waals surface area contributed by atoms with Gasteiger partial charge in [-0.1, -0.05) is 6.07 Å². The van der Waals surface area contributed by atoms with Gasteiger partial charge in [-0.2, -0.15) is 10.2 Å². The average molecular weight is 374 g/mol. The van der Waals surface area contributed by atoms with Crippen LogP contribution in [0.1, 0.15) is 23.2 Å². The number of aromatic nitrogens is 6. The highest BCUT2D eigenvalue weighted by molar-refractivity contribution is 5.95. The van der Waals surface area contributed by atoms with Gasteiger partial charge in [-0.15, -0.1) is 0 Å². The van der Waals surface area contributed by atoms with Gasteiger partial charge < -0.3 is 10.2 Å². The molecule has 1 aliphatic heterocycles. The minimum Gasteiger partial charge on any atom is -0.339 e. The molecule has 0 radical (unpaired) electrons. The van der Waals surface area contributed by atoms with E-state index in [0.29, 0.717) is 17.0 Å². The number of anilines is 2. The number of fused-ring (bicyclic) bond motifs is 1. The second-order valence-corrected chi connectivity index (χ2v) is 6.68. The Kier molecular flexibility index (Phi) is 3.97. The van der Waals surface area contributed by atoms with Crippen molar-refractivity contribution in [3.05, 3.63) is 54.7 Å². The van der Waals surface area contributed by atoms with Crippen molar-refractivity contribution in [2.24, 2.45) is 0 Å². The van der Waals surface area contributed by atoms with Gasteiger partial charge in [-0.25, -0.2) is 14.5 Å². The first-order valence-electron chi connectivity index (χ1n) is 9.14. The summed E-state index contributed by atoms with van der Waals surface area (Å²) < 4.78 is 1.71. The SMILES string of the molecule is O=C(c1cccc(Nc2ncc(-c3cn[nH]c3)n3ncnc23)c1)N1CCCC1. The minimum absolute atomic E-state index is 0.0667. The summed E-state index contributed by atoms with van der Waals surface area (Å²) in [6.07, 6.45) is 8.83. The molecular formula is C19H18N8O. The fourth-order valence-corrected chi connectivity index (χ4v) is 3.46. The number of nitrogens with one attached hydrogen (secondary N) is 2. The first kappa shape index (κ1) is 16.4. The zero-order valence-electron chi connectivity index (χ0n) is 15.0. The number of carbonyl (C=O) groups is 1. The Hall–Kier alpha value is -3.75. The molecule has 3 aromatic heterocycles. The molecule has 1 saturated heterocycles. The van der Waals surface area contributed by atoms with E-state index in [1.165, 1.54) is 6.33 Å². The third-order valence-corrected chi connectivity index (χ3v) is 4.86. The van der Waals surface area contributed by atoms with E-state index in [2.05, 4.69) is 30.6 Å². The van der Waals surface area contributed by atoms with Gasteiger partial charge >= 0.3 is 0 Å². The fourth-order valence-electron chi connectivity index (χ4n) is 3.46. The maximum atomic E-state index is 12.6. The number of rotatable bonds is 4. The van der Waals surface area contributed by atoms with Crippen LogP contribution in [0.2, 0.25) is 0 Å². The maximum Gasteiger partial charge on any atom is 0.253 e. The summed E-state index contributed by atoms with van der Waals surface area (Å²) in [4.78, 5) is 23.4. The number of amides is 1. The van der Waals surface area contributed by atoms with Crippen molar-refractivity contribution in [2.75, 3.05) is 18.4 Å². The maximum absolute atomic E-state index is 12.6. The molecule has 9 nitrogen and oxygen atoms in total. The molecule has 0 spiro atoms. The lowest BCUT2D eigenvalue weighted by molar-refractivity contribution is 0.0793. The molecule has 0 atom stereocenters. The Morgan fingerprint density at radius 2 is 2.04 bits per heavy atom. The molecule has 1 aromatic carbocycles. The normalized spacial score (nSPS) is 13.9. The van der Waals surface area contributed by atoms with Gasteiger partial charge in [0, 0.05) is 36.1 Å². The summed E-state index contributed by atoms with van der Waals surface area (Å²) >= 11 is 0. The number of H-pyrrole nitrogens is 1. The number of hydrogen-bond acceptors (Lipinski definition) is 6. The van der Waals surface area contributed by atoms with E-state index in [1.807, 2.05) is 29.2 Å². The zero-order chi connectivity index (χ0) is 18.9. The number of benzene rings is 1. The first-order chi connectivity index (χ1) is 13.8. The Morgan fingerprint density at radius 1 is 1.14 bits per heavy atom. The minimum atomic E-state index is 0.0667. The van der Waals surface area contributed by atoms with Crippen molar-refractivity contribution in [1.82, 2.24) is 34.7 Å². The number of likely N-dealkylation sites (tertiary alicyclic amines) is 1. The molecular weight excluding hydrogens is 356 g/mol. The van der Waals surface area contributed by atoms with E-state index in [1.54, 1.807) is 23.1 Å². The lowest BCUT2D eigenvalue weighted by Gasteiger charge is -2.16. The van der Waals surface area contributed by atoms with Gasteiger partial charge in [-0.3, -0.25) is 9.89 Å². The lowest BCUT2D eigenvalue weighted by atomic mass is 10.1. The molecule has 0 bridgehead atoms. The summed E-state index contributed by atoms with van der Waals surface area (Å²) in [6, 6.07) is 7.46. The summed E-state index contributed by atoms with van der Waals surface area (Å²) in [5, 5.41) is 14.3. The van der Waals surface area contributed by atoms with E-state index >= 15 is 0 Å². The second kappa shape index (κ2) is 6.76. The molecule has 0 saturated carbocycles. The van der Waals surface area contributed by atoms with Crippen molar-refractivity contribution in [2.45, 2.75) is 12.8 Å². The highest BCUT2D eigenvalue weighted by Gasteiger charge is 2.20. The summed E-state index contributed by atoms with van der Waals surface area (Å²) in [6.45, 7) is 1.65. The third-order valence-electron chi connectivity index (χ3n) is 4.86. The molecule has 4 aromatic rings. The quantitative estimate of drug-likeness (QED) is 0.569. The Balaban J connectivity index is 1.46. The van der Waals surface area contributed by atoms with E-state index in [0.717, 1.165) is 42.9 Å². The van der Waals surface area contributed by atoms with Crippen molar-refractivity contribution in [3.8, 4) is 11.3 Å². The van der Waals surface area contributed by atoms with Gasteiger partial charge in [-0.05, 0) is 31.0 Å². The van der Waals surface area contributed by atoms with Gasteiger partial charge in [0.2, 0.25) is 0 Å². The molecule has 1 aliphatic rings. The third kappa shape index (κ3) is 2.86. The predicted molar refractivity (Wildman–Crippen MR) is 103 cm³/mol. The summed E-state index contributed by atoms with van der Waals surface area (Å²) in [7, 11) is 0. The van der Waals surface area contributed by atoms with Gasteiger partial charge in [0.05, 0.1) is 18.1 Å². The van der Waals surface area contributed by atoms with Crippen molar-refractivity contribution in [1.29, 1.82) is 0 Å². The van der Waals surface area contributed by atoms with Crippen LogP contribution >= 0.6 is 0 Å². The molecule has 28 heavy (non-hydrogen) atoms. The zero-order valence-corrected chi connectivity index (χ0v) is 15.0. The molecule has 5 rings (SSSR count). The van der Waals surface area contributed by atoms with Gasteiger partial charge in [0.15, 0.2) is 11.5 Å². The average Bonchev–Trinajstić information content (AvgIpc) is 3.50. The molecule has 1 fully saturated rings. The predicted octanol–water partition coefficient (Wildman–Crippen LogP) is 2.49. The molecule has 9 heteroatoms. The Bertz CT molecular complexity index is 1130. The smallest absolute Gasteiger partial charge is 0.253 e. The Morgan fingerprint density at radius 3 is 2.86 bits per heavy atom. The first-order valence-corrected chi connectivity index (χ1v) is 9.14. The molecule has 0 aliphatic carbocycles. The number of hydrogen-bond donors (Lipinski definition) is 2. The molecule has 0 unspecified atom stereocenters. The summed E-state index contributed by atoms with van der Waals surface area (Å²) in [5.74, 6) is 0.632. The fraction of sp³-hybridized carbons (Fsp3) is 0.211.